The van der Waals surface area contributed by atoms with Crippen molar-refractivity contribution in [1.82, 2.24) is 0 Å². The summed E-state index contributed by atoms with van der Waals surface area (Å²) in [7, 11) is 0. The van der Waals surface area contributed by atoms with E-state index in [9.17, 15) is 0 Å². The molecule has 3 nitrogen and oxygen atoms in total. The van der Waals surface area contributed by atoms with E-state index in [2.05, 4.69) is 6.07 Å². The summed E-state index contributed by atoms with van der Waals surface area (Å²) in [5, 5.41) is 0. The fourth-order valence-corrected chi connectivity index (χ4v) is 3.07. The molecule has 1 aliphatic carbocycles. The Kier molecular flexibility index (Phi) is 4.83. The first kappa shape index (κ1) is 14.4. The Morgan fingerprint density at radius 2 is 1.95 bits per heavy atom. The summed E-state index contributed by atoms with van der Waals surface area (Å²) < 4.78 is 11.6. The summed E-state index contributed by atoms with van der Waals surface area (Å²) >= 11 is 0. The molecule has 2 rings (SSSR count). The van der Waals surface area contributed by atoms with Crippen LogP contribution in [-0.4, -0.2) is 18.8 Å². The van der Waals surface area contributed by atoms with Gasteiger partial charge in [0.15, 0.2) is 0 Å². The van der Waals surface area contributed by atoms with E-state index >= 15 is 0 Å². The van der Waals surface area contributed by atoms with E-state index in [4.69, 9.17) is 15.2 Å². The van der Waals surface area contributed by atoms with Crippen LogP contribution in [-0.2, 0) is 4.74 Å². The molecular weight excluding hydrogens is 238 g/mol. The lowest BCUT2D eigenvalue weighted by molar-refractivity contribution is -0.0536. The lowest BCUT2D eigenvalue weighted by Gasteiger charge is -2.35. The maximum atomic E-state index is 6.51. The third-order valence-corrected chi connectivity index (χ3v) is 3.98. The molecule has 0 aromatic heterocycles. The molecule has 1 unspecified atom stereocenters. The molecular formula is C16H25NO2. The molecule has 1 aliphatic rings. The quantitative estimate of drug-likeness (QED) is 0.855. The topological polar surface area (TPSA) is 44.5 Å². The highest BCUT2D eigenvalue weighted by molar-refractivity contribution is 5.32. The molecule has 19 heavy (non-hydrogen) atoms. The molecule has 1 fully saturated rings. The number of benzene rings is 1. The van der Waals surface area contributed by atoms with Crippen molar-refractivity contribution in [3.8, 4) is 5.75 Å². The Morgan fingerprint density at radius 3 is 2.58 bits per heavy atom. The molecule has 0 radical (unpaired) electrons. The number of hydrogen-bond acceptors (Lipinski definition) is 3. The SMILES string of the molecule is CCOc1cccc(C(N)C2(OCC)CCCC2)c1. The highest BCUT2D eigenvalue weighted by Crippen LogP contribution is 2.42. The average Bonchev–Trinajstić information content (AvgIpc) is 2.89. The van der Waals surface area contributed by atoms with E-state index in [1.807, 2.05) is 32.0 Å². The lowest BCUT2D eigenvalue weighted by atomic mass is 9.87. The number of hydrogen-bond donors (Lipinski definition) is 1. The van der Waals surface area contributed by atoms with Crippen LogP contribution < -0.4 is 10.5 Å². The van der Waals surface area contributed by atoms with Gasteiger partial charge in [-0.05, 0) is 44.4 Å². The first-order chi connectivity index (χ1) is 9.22. The Labute approximate surface area is 116 Å². The van der Waals surface area contributed by atoms with Crippen LogP contribution in [0, 0.1) is 0 Å². The second kappa shape index (κ2) is 6.40. The Hall–Kier alpha value is -1.06. The fourth-order valence-electron chi connectivity index (χ4n) is 3.07. The predicted octanol–water partition coefficient (Wildman–Crippen LogP) is 3.43. The highest BCUT2D eigenvalue weighted by atomic mass is 16.5. The van der Waals surface area contributed by atoms with Crippen LogP contribution in [0.5, 0.6) is 5.75 Å². The molecule has 0 aliphatic heterocycles. The first-order valence-corrected chi connectivity index (χ1v) is 7.34. The monoisotopic (exact) mass is 263 g/mol. The van der Waals surface area contributed by atoms with Crippen molar-refractivity contribution in [3.05, 3.63) is 29.8 Å². The zero-order chi connectivity index (χ0) is 13.7. The number of ether oxygens (including phenoxy) is 2. The summed E-state index contributed by atoms with van der Waals surface area (Å²) in [5.41, 5.74) is 7.44. The van der Waals surface area contributed by atoms with Crippen molar-refractivity contribution < 1.29 is 9.47 Å². The minimum Gasteiger partial charge on any atom is -0.494 e. The van der Waals surface area contributed by atoms with Gasteiger partial charge in [0.1, 0.15) is 5.75 Å². The van der Waals surface area contributed by atoms with Gasteiger partial charge in [0.05, 0.1) is 18.2 Å². The molecule has 0 saturated heterocycles. The molecule has 3 heteroatoms. The maximum absolute atomic E-state index is 6.51. The summed E-state index contributed by atoms with van der Waals surface area (Å²) in [6.45, 7) is 5.43. The summed E-state index contributed by atoms with van der Waals surface area (Å²) in [6, 6.07) is 8.03. The van der Waals surface area contributed by atoms with E-state index in [1.165, 1.54) is 12.8 Å². The van der Waals surface area contributed by atoms with Crippen molar-refractivity contribution in [3.63, 3.8) is 0 Å². The summed E-state index contributed by atoms with van der Waals surface area (Å²) in [6.07, 6.45) is 4.53. The van der Waals surface area contributed by atoms with Gasteiger partial charge >= 0.3 is 0 Å². The molecule has 1 aromatic rings. The van der Waals surface area contributed by atoms with Gasteiger partial charge in [-0.2, -0.15) is 0 Å². The zero-order valence-corrected chi connectivity index (χ0v) is 12.0. The normalized spacial score (nSPS) is 19.3. The maximum Gasteiger partial charge on any atom is 0.119 e. The molecule has 1 atom stereocenters. The van der Waals surface area contributed by atoms with Crippen LogP contribution in [0.3, 0.4) is 0 Å². The molecule has 2 N–H and O–H groups in total. The fraction of sp³-hybridized carbons (Fsp3) is 0.625. The van der Waals surface area contributed by atoms with Crippen LogP contribution in [0.25, 0.3) is 0 Å². The van der Waals surface area contributed by atoms with E-state index in [1.54, 1.807) is 0 Å². The molecule has 1 aromatic carbocycles. The van der Waals surface area contributed by atoms with Crippen molar-refractivity contribution in [2.24, 2.45) is 5.73 Å². The van der Waals surface area contributed by atoms with Gasteiger partial charge in [0.25, 0.3) is 0 Å². The Balaban J connectivity index is 2.21. The van der Waals surface area contributed by atoms with E-state index in [-0.39, 0.29) is 11.6 Å². The Morgan fingerprint density at radius 1 is 1.21 bits per heavy atom. The second-order valence-corrected chi connectivity index (χ2v) is 5.19. The van der Waals surface area contributed by atoms with Crippen molar-refractivity contribution in [2.45, 2.75) is 51.2 Å². The van der Waals surface area contributed by atoms with Crippen molar-refractivity contribution in [2.75, 3.05) is 13.2 Å². The third kappa shape index (κ3) is 3.10. The Bertz CT molecular complexity index is 399. The van der Waals surface area contributed by atoms with Crippen molar-refractivity contribution >= 4 is 0 Å². The van der Waals surface area contributed by atoms with Gasteiger partial charge in [-0.15, -0.1) is 0 Å². The summed E-state index contributed by atoms with van der Waals surface area (Å²) in [4.78, 5) is 0. The molecule has 0 spiro atoms. The van der Waals surface area contributed by atoms with Gasteiger partial charge in [-0.3, -0.25) is 0 Å². The average molecular weight is 263 g/mol. The van der Waals surface area contributed by atoms with E-state index in [0.717, 1.165) is 30.8 Å². The molecule has 106 valence electrons. The largest absolute Gasteiger partial charge is 0.494 e. The smallest absolute Gasteiger partial charge is 0.119 e. The van der Waals surface area contributed by atoms with Crippen LogP contribution in [0.15, 0.2) is 24.3 Å². The van der Waals surface area contributed by atoms with Crippen LogP contribution in [0.1, 0.15) is 51.1 Å². The molecule has 0 bridgehead atoms. The predicted molar refractivity (Wildman–Crippen MR) is 77.4 cm³/mol. The standard InChI is InChI=1S/C16H25NO2/c1-3-18-14-9-7-8-13(12-14)15(17)16(19-4-2)10-5-6-11-16/h7-9,12,15H,3-6,10-11,17H2,1-2H3. The number of nitrogens with two attached hydrogens (primary N) is 1. The van der Waals surface area contributed by atoms with Crippen LogP contribution >= 0.6 is 0 Å². The van der Waals surface area contributed by atoms with E-state index < -0.39 is 0 Å². The van der Waals surface area contributed by atoms with Gasteiger partial charge in [-0.1, -0.05) is 25.0 Å². The first-order valence-electron chi connectivity index (χ1n) is 7.34. The van der Waals surface area contributed by atoms with Crippen LogP contribution in [0.4, 0.5) is 0 Å². The van der Waals surface area contributed by atoms with Gasteiger partial charge < -0.3 is 15.2 Å². The van der Waals surface area contributed by atoms with Gasteiger partial charge in [0.2, 0.25) is 0 Å². The van der Waals surface area contributed by atoms with Gasteiger partial charge in [-0.25, -0.2) is 0 Å². The molecule has 1 saturated carbocycles. The van der Waals surface area contributed by atoms with Crippen LogP contribution in [0.2, 0.25) is 0 Å². The second-order valence-electron chi connectivity index (χ2n) is 5.19. The van der Waals surface area contributed by atoms with E-state index in [0.29, 0.717) is 6.61 Å². The number of rotatable bonds is 6. The minimum absolute atomic E-state index is 0.0737. The zero-order valence-electron chi connectivity index (χ0n) is 12.0. The third-order valence-electron chi connectivity index (χ3n) is 3.98. The minimum atomic E-state index is -0.181. The highest BCUT2D eigenvalue weighted by Gasteiger charge is 2.41. The van der Waals surface area contributed by atoms with Gasteiger partial charge in [0, 0.05) is 6.61 Å². The van der Waals surface area contributed by atoms with Crippen molar-refractivity contribution in [1.29, 1.82) is 0 Å². The molecule has 0 heterocycles. The lowest BCUT2D eigenvalue weighted by Crippen LogP contribution is -2.41. The summed E-state index contributed by atoms with van der Waals surface area (Å²) in [5.74, 6) is 0.889. The molecule has 0 amide bonds.